The Balaban J connectivity index is 1.19. The molecule has 0 aromatic heterocycles. The molecule has 0 saturated carbocycles. The number of benzene rings is 4. The van der Waals surface area contributed by atoms with Crippen LogP contribution in [0.1, 0.15) is 88.1 Å². The third kappa shape index (κ3) is 12.8. The molecule has 2 unspecified atom stereocenters. The van der Waals surface area contributed by atoms with Crippen LogP contribution in [-0.4, -0.2) is 72.0 Å². The average Bonchev–Trinajstić information content (AvgIpc) is 3.24. The second-order valence-corrected chi connectivity index (χ2v) is 21.9. The first kappa shape index (κ1) is 45.7. The number of carbonyl (C=O) groups is 1. The van der Waals surface area contributed by atoms with Gasteiger partial charge in [0.1, 0.15) is 30.5 Å². The molecule has 1 saturated heterocycles. The molecule has 0 bridgehead atoms. The number of hydrogen-bond acceptors (Lipinski definition) is 8. The minimum absolute atomic E-state index is 0.0798. The van der Waals surface area contributed by atoms with Crippen molar-refractivity contribution in [2.24, 2.45) is 0 Å². The van der Waals surface area contributed by atoms with Crippen LogP contribution in [0, 0.1) is 6.92 Å². The van der Waals surface area contributed by atoms with Gasteiger partial charge in [-0.25, -0.2) is 4.79 Å². The van der Waals surface area contributed by atoms with Crippen LogP contribution in [0.5, 0.6) is 17.2 Å². The minimum atomic E-state index is -1.97. The first-order valence-electron chi connectivity index (χ1n) is 21.4. The molecule has 5 rings (SSSR count). The maximum absolute atomic E-state index is 13.3. The van der Waals surface area contributed by atoms with Gasteiger partial charge in [-0.2, -0.15) is 0 Å². The fourth-order valence-corrected chi connectivity index (χ4v) is 14.0. The van der Waals surface area contributed by atoms with Crippen LogP contribution in [-0.2, 0) is 38.5 Å². The zero-order valence-electron chi connectivity index (χ0n) is 36.6. The molecule has 9 nitrogen and oxygen atoms in total. The molecule has 0 radical (unpaired) electrons. The lowest BCUT2D eigenvalue weighted by Gasteiger charge is -2.42. The summed E-state index contributed by atoms with van der Waals surface area (Å²) in [7, 11) is -0.300. The predicted octanol–water partition coefficient (Wildman–Crippen LogP) is 11.3. The van der Waals surface area contributed by atoms with E-state index in [0.29, 0.717) is 69.4 Å². The van der Waals surface area contributed by atoms with Gasteiger partial charge in [-0.15, -0.1) is 0 Å². The molecule has 1 heterocycles. The topological polar surface area (TPSA) is 84.9 Å². The van der Waals surface area contributed by atoms with Crippen molar-refractivity contribution in [1.29, 1.82) is 0 Å². The van der Waals surface area contributed by atoms with Crippen molar-refractivity contribution in [3.05, 3.63) is 125 Å². The van der Waals surface area contributed by atoms with Crippen LogP contribution in [0.3, 0.4) is 0 Å². The summed E-state index contributed by atoms with van der Waals surface area (Å²) >= 11 is 0. The van der Waals surface area contributed by atoms with E-state index in [2.05, 4.69) is 78.8 Å². The molecular weight excluding hydrogens is 759 g/mol. The third-order valence-electron chi connectivity index (χ3n) is 11.6. The van der Waals surface area contributed by atoms with Gasteiger partial charge in [0, 0.05) is 24.4 Å². The molecule has 320 valence electrons. The average molecular weight is 826 g/mol. The maximum Gasteiger partial charge on any atom is 0.410 e. The molecule has 0 aliphatic carbocycles. The molecule has 1 aliphatic heterocycles. The van der Waals surface area contributed by atoms with Gasteiger partial charge in [-0.1, -0.05) is 114 Å². The second kappa shape index (κ2) is 22.9. The summed E-state index contributed by atoms with van der Waals surface area (Å²) in [5, 5.41) is 0. The van der Waals surface area contributed by atoms with Crippen molar-refractivity contribution in [3.63, 3.8) is 0 Å². The van der Waals surface area contributed by atoms with Gasteiger partial charge < -0.3 is 37.7 Å². The summed E-state index contributed by atoms with van der Waals surface area (Å²) in [6, 6.07) is 32.2. The maximum atomic E-state index is 13.3. The number of para-hydroxylation sites is 1. The number of amides is 1. The molecule has 0 N–H and O–H groups in total. The van der Waals surface area contributed by atoms with E-state index in [9.17, 15) is 4.79 Å². The van der Waals surface area contributed by atoms with E-state index < -0.39 is 8.32 Å². The first-order valence-corrected chi connectivity index (χ1v) is 23.5. The summed E-state index contributed by atoms with van der Waals surface area (Å²) in [5.41, 5.74) is 6.78. The smallest absolute Gasteiger partial charge is 0.410 e. The van der Waals surface area contributed by atoms with Crippen molar-refractivity contribution in [2.75, 3.05) is 46.6 Å². The molecule has 59 heavy (non-hydrogen) atoms. The molecule has 2 atom stereocenters. The van der Waals surface area contributed by atoms with Gasteiger partial charge in [0.15, 0.2) is 8.32 Å². The number of nitrogens with zero attached hydrogens (tertiary/aromatic N) is 1. The Morgan fingerprint density at radius 3 is 2.15 bits per heavy atom. The highest BCUT2D eigenvalue weighted by Crippen LogP contribution is 2.42. The molecule has 4 aromatic carbocycles. The van der Waals surface area contributed by atoms with E-state index in [-0.39, 0.29) is 24.7 Å². The monoisotopic (exact) mass is 825 g/mol. The molecule has 4 aromatic rings. The zero-order valence-corrected chi connectivity index (χ0v) is 37.6. The highest BCUT2D eigenvalue weighted by molar-refractivity contribution is 6.77. The summed E-state index contributed by atoms with van der Waals surface area (Å²) in [4.78, 5) is 15.1. The number of piperidine rings is 1. The predicted molar refractivity (Wildman–Crippen MR) is 237 cm³/mol. The fraction of sp³-hybridized carbons (Fsp3) is 0.490. The van der Waals surface area contributed by atoms with Crippen LogP contribution < -0.4 is 14.2 Å². The normalized spacial score (nSPS) is 15.8. The second-order valence-electron chi connectivity index (χ2n) is 16.5. The quantitative estimate of drug-likeness (QED) is 0.0572. The first-order chi connectivity index (χ1) is 28.5. The number of methoxy groups -OCH3 is 1. The molecule has 0 spiro atoms. The Hall–Kier alpha value is -4.35. The Morgan fingerprint density at radius 1 is 0.729 bits per heavy atom. The van der Waals surface area contributed by atoms with E-state index in [1.807, 2.05) is 66.7 Å². The van der Waals surface area contributed by atoms with E-state index in [4.69, 9.17) is 32.8 Å². The van der Waals surface area contributed by atoms with Crippen LogP contribution in [0.2, 0.25) is 16.6 Å². The van der Waals surface area contributed by atoms with Crippen molar-refractivity contribution in [3.8, 4) is 17.2 Å². The van der Waals surface area contributed by atoms with E-state index >= 15 is 0 Å². The van der Waals surface area contributed by atoms with Crippen molar-refractivity contribution >= 4 is 14.4 Å². The van der Waals surface area contributed by atoms with Gasteiger partial charge >= 0.3 is 6.09 Å². The van der Waals surface area contributed by atoms with Crippen LogP contribution >= 0.6 is 0 Å². The lowest BCUT2D eigenvalue weighted by molar-refractivity contribution is -0.0246. The molecule has 1 fully saturated rings. The Kier molecular flexibility index (Phi) is 17.7. The summed E-state index contributed by atoms with van der Waals surface area (Å²) < 4.78 is 42.9. The zero-order chi connectivity index (χ0) is 42.2. The number of carbonyl (C=O) groups excluding carboxylic acids is 1. The van der Waals surface area contributed by atoms with Gasteiger partial charge in [-0.3, -0.25) is 0 Å². The lowest BCUT2D eigenvalue weighted by Crippen LogP contribution is -2.48. The Bertz CT molecular complexity index is 1830. The van der Waals surface area contributed by atoms with Gasteiger partial charge in [-0.05, 0) is 76.5 Å². The minimum Gasteiger partial charge on any atom is -0.496 e. The summed E-state index contributed by atoms with van der Waals surface area (Å²) in [6.07, 6.45) is 0.928. The Labute approximate surface area is 354 Å². The van der Waals surface area contributed by atoms with Gasteiger partial charge in [0.2, 0.25) is 0 Å². The fourth-order valence-electron chi connectivity index (χ4n) is 8.57. The standard InChI is InChI=1S/C49H67NO8Si/c1-36(2)59(37(3)4,38(5)6)58-30-29-55-47-31-41(20-19-39(47)7)34-56-48-32-50(49(51)57-33-40-15-10-9-11-16-40)26-25-45(48)42-21-23-44(24-22-42)54-28-14-27-53-35-43-17-12-13-18-46(43)52-8/h9-13,15-24,31,36-38,45,48H,14,25-30,32-35H2,1-8H3. The number of ether oxygens (including phenoxy) is 6. The van der Waals surface area contributed by atoms with Crippen molar-refractivity contribution in [2.45, 2.75) is 110 Å². The number of hydrogen-bond donors (Lipinski definition) is 0. The van der Waals surface area contributed by atoms with Gasteiger partial charge in [0.25, 0.3) is 0 Å². The van der Waals surface area contributed by atoms with Crippen molar-refractivity contribution in [1.82, 2.24) is 4.90 Å². The Morgan fingerprint density at radius 2 is 1.44 bits per heavy atom. The summed E-state index contributed by atoms with van der Waals surface area (Å²) in [6.45, 7) is 20.2. The lowest BCUT2D eigenvalue weighted by atomic mass is 9.87. The highest BCUT2D eigenvalue weighted by Gasteiger charge is 2.45. The number of likely N-dealkylation sites (tertiary alicyclic amines) is 1. The summed E-state index contributed by atoms with van der Waals surface area (Å²) in [5.74, 6) is 2.56. The van der Waals surface area contributed by atoms with Crippen LogP contribution in [0.25, 0.3) is 0 Å². The number of rotatable bonds is 22. The van der Waals surface area contributed by atoms with E-state index in [1.165, 1.54) is 0 Å². The van der Waals surface area contributed by atoms with Crippen LogP contribution in [0.4, 0.5) is 4.79 Å². The van der Waals surface area contributed by atoms with Crippen molar-refractivity contribution < 1.29 is 37.6 Å². The van der Waals surface area contributed by atoms with Gasteiger partial charge in [0.05, 0.1) is 52.8 Å². The van der Waals surface area contributed by atoms with Crippen LogP contribution in [0.15, 0.2) is 97.1 Å². The SMILES string of the molecule is COc1ccccc1COCCCOc1ccc(C2CCN(C(=O)OCc3ccccc3)CC2OCc2ccc(C)c(OCCO[Si](C(C)C)(C(C)C)C(C)C)c2)cc1. The molecular formula is C49H67NO8Si. The van der Waals surface area contributed by atoms with E-state index in [0.717, 1.165) is 57.9 Å². The van der Waals surface area contributed by atoms with E-state index in [1.54, 1.807) is 12.0 Å². The molecule has 1 amide bonds. The third-order valence-corrected chi connectivity index (χ3v) is 17.7. The molecule has 1 aliphatic rings. The number of aryl methyl sites for hydroxylation is 1. The largest absolute Gasteiger partial charge is 0.496 e. The highest BCUT2D eigenvalue weighted by atomic mass is 28.4. The molecule has 10 heteroatoms.